The van der Waals surface area contributed by atoms with Crippen LogP contribution in [0, 0.1) is 11.3 Å². The van der Waals surface area contributed by atoms with E-state index in [0.29, 0.717) is 16.7 Å². The van der Waals surface area contributed by atoms with Gasteiger partial charge in [-0.1, -0.05) is 0 Å². The first kappa shape index (κ1) is 8.75. The monoisotopic (exact) mass is 188 g/mol. The minimum absolute atomic E-state index is 0.171. The maximum atomic E-state index is 8.79. The summed E-state index contributed by atoms with van der Waals surface area (Å²) in [5.74, 6) is -0.171. The van der Waals surface area contributed by atoms with Crippen LogP contribution >= 0.6 is 0 Å². The van der Waals surface area contributed by atoms with Crippen molar-refractivity contribution in [3.05, 3.63) is 23.8 Å². The minimum Gasteiger partial charge on any atom is -0.443 e. The molecule has 0 spiro atoms. The van der Waals surface area contributed by atoms with Gasteiger partial charge in [-0.25, -0.2) is 4.98 Å². The number of nitrogens with zero attached hydrogens (tertiary/aromatic N) is 2. The van der Waals surface area contributed by atoms with Crippen LogP contribution in [0.25, 0.3) is 11.1 Å². The highest BCUT2D eigenvalue weighted by atomic mass is 16.4. The van der Waals surface area contributed by atoms with E-state index >= 15 is 0 Å². The van der Waals surface area contributed by atoms with Gasteiger partial charge < -0.3 is 14.5 Å². The molecule has 2 aromatic rings. The van der Waals surface area contributed by atoms with E-state index in [9.17, 15) is 0 Å². The largest absolute Gasteiger partial charge is 0.548 e. The molecule has 14 heavy (non-hydrogen) atoms. The Morgan fingerprint density at radius 3 is 2.86 bits per heavy atom. The van der Waals surface area contributed by atoms with E-state index in [0.717, 1.165) is 0 Å². The zero-order valence-electron chi connectivity index (χ0n) is 7.01. The molecule has 5 nitrogen and oxygen atoms in total. The van der Waals surface area contributed by atoms with Crippen LogP contribution in [-0.4, -0.2) is 22.2 Å². The standard InChI is InChI=1S/C8H5BN2O3/c10-4-5-1-2-6-7(3-5)14-8(11-6)9(12)13/h1-3,12-13H. The second-order valence-corrected chi connectivity index (χ2v) is 2.72. The van der Waals surface area contributed by atoms with Gasteiger partial charge in [0.25, 0.3) is 0 Å². The van der Waals surface area contributed by atoms with Crippen molar-refractivity contribution in [1.29, 1.82) is 5.26 Å². The van der Waals surface area contributed by atoms with E-state index in [1.807, 2.05) is 6.07 Å². The lowest BCUT2D eigenvalue weighted by molar-refractivity contribution is 0.409. The molecule has 0 fully saturated rings. The topological polar surface area (TPSA) is 90.3 Å². The van der Waals surface area contributed by atoms with E-state index < -0.39 is 7.12 Å². The van der Waals surface area contributed by atoms with Crippen LogP contribution in [0.3, 0.4) is 0 Å². The first-order valence-corrected chi connectivity index (χ1v) is 3.87. The number of benzene rings is 1. The summed E-state index contributed by atoms with van der Waals surface area (Å²) in [6.45, 7) is 0. The van der Waals surface area contributed by atoms with Crippen LogP contribution in [0.1, 0.15) is 5.56 Å². The lowest BCUT2D eigenvalue weighted by Crippen LogP contribution is -2.30. The van der Waals surface area contributed by atoms with Crippen molar-refractivity contribution >= 4 is 24.0 Å². The molecule has 0 saturated carbocycles. The van der Waals surface area contributed by atoms with Gasteiger partial charge in [-0.15, -0.1) is 0 Å². The Labute approximate surface area is 79.4 Å². The van der Waals surface area contributed by atoms with Gasteiger partial charge in [0, 0.05) is 6.07 Å². The van der Waals surface area contributed by atoms with Crippen molar-refractivity contribution in [3.8, 4) is 6.07 Å². The lowest BCUT2D eigenvalue weighted by atomic mass is 9.93. The van der Waals surface area contributed by atoms with Gasteiger partial charge in [0.2, 0.25) is 5.79 Å². The highest BCUT2D eigenvalue weighted by Gasteiger charge is 2.19. The third-order valence-electron chi connectivity index (χ3n) is 1.75. The molecular weight excluding hydrogens is 183 g/mol. The van der Waals surface area contributed by atoms with Crippen LogP contribution in [0.5, 0.6) is 0 Å². The molecule has 0 atom stereocenters. The van der Waals surface area contributed by atoms with Gasteiger partial charge >= 0.3 is 7.12 Å². The van der Waals surface area contributed by atoms with E-state index in [4.69, 9.17) is 19.7 Å². The molecule has 68 valence electrons. The fourth-order valence-electron chi connectivity index (χ4n) is 1.12. The first-order chi connectivity index (χ1) is 6.70. The molecule has 0 aliphatic rings. The predicted octanol–water partition coefficient (Wildman–Crippen LogP) is -0.621. The Morgan fingerprint density at radius 2 is 2.21 bits per heavy atom. The lowest BCUT2D eigenvalue weighted by Gasteiger charge is -1.87. The molecule has 2 rings (SSSR count). The molecule has 0 bridgehead atoms. The number of hydrogen-bond donors (Lipinski definition) is 2. The average Bonchev–Trinajstić information content (AvgIpc) is 2.59. The van der Waals surface area contributed by atoms with Crippen molar-refractivity contribution in [3.63, 3.8) is 0 Å². The highest BCUT2D eigenvalue weighted by Crippen LogP contribution is 2.12. The molecule has 1 aromatic heterocycles. The summed E-state index contributed by atoms with van der Waals surface area (Å²) in [4.78, 5) is 3.81. The molecule has 2 N–H and O–H groups in total. The predicted molar refractivity (Wildman–Crippen MR) is 48.5 cm³/mol. The van der Waals surface area contributed by atoms with Gasteiger partial charge in [0.15, 0.2) is 5.58 Å². The van der Waals surface area contributed by atoms with E-state index in [1.54, 1.807) is 12.1 Å². The summed E-state index contributed by atoms with van der Waals surface area (Å²) in [6, 6.07) is 6.61. The maximum absolute atomic E-state index is 8.79. The molecule has 0 aliphatic carbocycles. The van der Waals surface area contributed by atoms with Crippen LogP contribution in [0.15, 0.2) is 22.6 Å². The number of rotatable bonds is 1. The Kier molecular flexibility index (Phi) is 1.96. The number of aromatic nitrogens is 1. The third-order valence-corrected chi connectivity index (χ3v) is 1.75. The number of fused-ring (bicyclic) bond motifs is 1. The van der Waals surface area contributed by atoms with Gasteiger partial charge in [-0.3, -0.25) is 0 Å². The van der Waals surface area contributed by atoms with Crippen molar-refractivity contribution in [2.24, 2.45) is 0 Å². The van der Waals surface area contributed by atoms with Crippen LogP contribution < -0.4 is 5.79 Å². The van der Waals surface area contributed by atoms with Crippen molar-refractivity contribution in [2.45, 2.75) is 0 Å². The number of hydrogen-bond acceptors (Lipinski definition) is 5. The highest BCUT2D eigenvalue weighted by molar-refractivity contribution is 6.56. The molecular formula is C8H5BN2O3. The van der Waals surface area contributed by atoms with Crippen LogP contribution in [0.4, 0.5) is 0 Å². The van der Waals surface area contributed by atoms with Crippen LogP contribution in [0.2, 0.25) is 0 Å². The number of nitriles is 1. The molecule has 0 aliphatic heterocycles. The summed E-state index contributed by atoms with van der Waals surface area (Å²) in [5.41, 5.74) is 1.30. The first-order valence-electron chi connectivity index (χ1n) is 3.87. The van der Waals surface area contributed by atoms with E-state index in [-0.39, 0.29) is 5.79 Å². The van der Waals surface area contributed by atoms with E-state index in [2.05, 4.69) is 4.98 Å². The fourth-order valence-corrected chi connectivity index (χ4v) is 1.12. The second-order valence-electron chi connectivity index (χ2n) is 2.72. The van der Waals surface area contributed by atoms with Crippen molar-refractivity contribution in [1.82, 2.24) is 4.98 Å². The molecule has 0 radical (unpaired) electrons. The van der Waals surface area contributed by atoms with Gasteiger partial charge in [0.05, 0.1) is 11.6 Å². The Morgan fingerprint density at radius 1 is 1.43 bits per heavy atom. The quantitative estimate of drug-likeness (QED) is 0.582. The SMILES string of the molecule is N#Cc1ccc2nc(B(O)O)oc2c1. The van der Waals surface area contributed by atoms with Crippen molar-refractivity contribution < 1.29 is 14.5 Å². The zero-order chi connectivity index (χ0) is 10.1. The average molecular weight is 188 g/mol. The molecule has 0 saturated heterocycles. The minimum atomic E-state index is -1.73. The summed E-state index contributed by atoms with van der Waals surface area (Å²) >= 11 is 0. The summed E-state index contributed by atoms with van der Waals surface area (Å²) in [5, 5.41) is 26.2. The van der Waals surface area contributed by atoms with Crippen molar-refractivity contribution in [2.75, 3.05) is 0 Å². The van der Waals surface area contributed by atoms with Crippen LogP contribution in [-0.2, 0) is 0 Å². The summed E-state index contributed by atoms with van der Waals surface area (Å²) in [7, 11) is -1.73. The Balaban J connectivity index is 2.61. The molecule has 0 amide bonds. The maximum Gasteiger partial charge on any atom is 0.548 e. The molecule has 6 heteroatoms. The van der Waals surface area contributed by atoms with Gasteiger partial charge in [0.1, 0.15) is 5.52 Å². The zero-order valence-corrected chi connectivity index (χ0v) is 7.01. The molecule has 1 aromatic carbocycles. The summed E-state index contributed by atoms with van der Waals surface area (Å²) < 4.78 is 5.01. The third kappa shape index (κ3) is 1.35. The normalized spacial score (nSPS) is 10.1. The molecule has 1 heterocycles. The second kappa shape index (κ2) is 3.14. The van der Waals surface area contributed by atoms with Gasteiger partial charge in [-0.2, -0.15) is 5.26 Å². The Bertz CT molecular complexity index is 515. The molecule has 0 unspecified atom stereocenters. The fraction of sp³-hybridized carbons (Fsp3) is 0. The Hall–Kier alpha value is -1.84. The number of oxazole rings is 1. The smallest absolute Gasteiger partial charge is 0.443 e. The van der Waals surface area contributed by atoms with Gasteiger partial charge in [-0.05, 0) is 12.1 Å². The summed E-state index contributed by atoms with van der Waals surface area (Å²) in [6.07, 6.45) is 0. The van der Waals surface area contributed by atoms with E-state index in [1.165, 1.54) is 6.07 Å².